The number of hydrazone groups is 1. The lowest BCUT2D eigenvalue weighted by atomic mass is 10.2. The topological polar surface area (TPSA) is 59.5 Å². The molecule has 2 aromatic heterocycles. The molecule has 0 saturated carbocycles. The Hall–Kier alpha value is -2.34. The van der Waals surface area contributed by atoms with Crippen LogP contribution in [-0.2, 0) is 0 Å². The molecule has 0 fully saturated rings. The minimum absolute atomic E-state index is 0.231. The number of hydrogen-bond donors (Lipinski definition) is 1. The van der Waals surface area contributed by atoms with Gasteiger partial charge in [-0.3, -0.25) is 4.79 Å². The van der Waals surface area contributed by atoms with Gasteiger partial charge in [0.1, 0.15) is 5.58 Å². The van der Waals surface area contributed by atoms with Crippen LogP contribution in [0.1, 0.15) is 36.0 Å². The third-order valence-corrected chi connectivity index (χ3v) is 3.91. The van der Waals surface area contributed by atoms with E-state index in [1.54, 1.807) is 12.3 Å². The molecular formula is C17H16BrN3O2. The van der Waals surface area contributed by atoms with Crippen molar-refractivity contribution in [2.24, 2.45) is 5.10 Å². The average Bonchev–Trinajstić information content (AvgIpc) is 3.13. The lowest BCUT2D eigenvalue weighted by molar-refractivity contribution is 0.0929. The number of hydrogen-bond acceptors (Lipinski definition) is 3. The molecule has 1 N–H and O–H groups in total. The van der Waals surface area contributed by atoms with Crippen molar-refractivity contribution < 1.29 is 9.21 Å². The molecule has 0 aliphatic carbocycles. The molecule has 0 radical (unpaired) electrons. The number of amides is 1. The zero-order valence-electron chi connectivity index (χ0n) is 12.8. The number of nitrogens with one attached hydrogen (secondary N) is 1. The second kappa shape index (κ2) is 6.42. The number of rotatable bonds is 4. The Bertz CT molecular complexity index is 877. The van der Waals surface area contributed by atoms with Gasteiger partial charge in [0.2, 0.25) is 0 Å². The Morgan fingerprint density at radius 3 is 2.91 bits per heavy atom. The van der Waals surface area contributed by atoms with Gasteiger partial charge in [0.05, 0.1) is 6.21 Å². The number of benzene rings is 1. The van der Waals surface area contributed by atoms with Crippen molar-refractivity contribution in [2.45, 2.75) is 19.9 Å². The lowest BCUT2D eigenvalue weighted by Gasteiger charge is -2.04. The predicted molar refractivity (Wildman–Crippen MR) is 93.8 cm³/mol. The zero-order chi connectivity index (χ0) is 16.4. The van der Waals surface area contributed by atoms with Gasteiger partial charge >= 0.3 is 5.91 Å². The molecule has 23 heavy (non-hydrogen) atoms. The molecule has 3 aromatic rings. The summed E-state index contributed by atoms with van der Waals surface area (Å²) in [5.74, 6) is -0.146. The minimum atomic E-state index is -0.378. The summed E-state index contributed by atoms with van der Waals surface area (Å²) in [4.78, 5) is 12.1. The first-order valence-electron chi connectivity index (χ1n) is 7.23. The summed E-state index contributed by atoms with van der Waals surface area (Å²) < 4.78 is 8.52. The van der Waals surface area contributed by atoms with Crippen LogP contribution in [0.4, 0.5) is 0 Å². The highest BCUT2D eigenvalue weighted by Gasteiger charge is 2.11. The molecule has 0 atom stereocenters. The molecule has 0 aliphatic rings. The normalized spacial score (nSPS) is 11.7. The van der Waals surface area contributed by atoms with Gasteiger partial charge in [0, 0.05) is 33.9 Å². The highest BCUT2D eigenvalue weighted by molar-refractivity contribution is 9.10. The number of fused-ring (bicyclic) bond motifs is 1. The molecule has 0 saturated heterocycles. The van der Waals surface area contributed by atoms with Gasteiger partial charge in [-0.15, -0.1) is 0 Å². The number of nitrogens with zero attached hydrogens (tertiary/aromatic N) is 2. The van der Waals surface area contributed by atoms with Gasteiger partial charge in [-0.2, -0.15) is 5.10 Å². The Kier molecular flexibility index (Phi) is 4.34. The standard InChI is InChI=1S/C17H16BrN3O2/c1-11(2)21-6-5-12(10-21)9-19-20-17(22)16-8-13-7-14(18)3-4-15(13)23-16/h3-11H,1-2H3,(H,20,22)/b19-9+. The molecule has 1 amide bonds. The van der Waals surface area contributed by atoms with E-state index in [0.29, 0.717) is 11.6 Å². The van der Waals surface area contributed by atoms with Gasteiger partial charge in [-0.05, 0) is 44.2 Å². The van der Waals surface area contributed by atoms with Crippen molar-refractivity contribution in [3.8, 4) is 0 Å². The molecular weight excluding hydrogens is 358 g/mol. The Balaban J connectivity index is 1.68. The number of furan rings is 1. The smallest absolute Gasteiger partial charge is 0.307 e. The second-order valence-electron chi connectivity index (χ2n) is 5.48. The summed E-state index contributed by atoms with van der Waals surface area (Å²) in [6.07, 6.45) is 5.56. The molecule has 3 rings (SSSR count). The summed E-state index contributed by atoms with van der Waals surface area (Å²) in [7, 11) is 0. The Morgan fingerprint density at radius 1 is 1.35 bits per heavy atom. The maximum atomic E-state index is 12.1. The number of carbonyl (C=O) groups is 1. The minimum Gasteiger partial charge on any atom is -0.451 e. The maximum Gasteiger partial charge on any atom is 0.307 e. The molecule has 118 valence electrons. The van der Waals surface area contributed by atoms with Crippen molar-refractivity contribution >= 4 is 39.0 Å². The van der Waals surface area contributed by atoms with Crippen LogP contribution in [0.3, 0.4) is 0 Å². The van der Waals surface area contributed by atoms with Crippen molar-refractivity contribution in [3.63, 3.8) is 0 Å². The van der Waals surface area contributed by atoms with Crippen LogP contribution < -0.4 is 5.43 Å². The number of carbonyl (C=O) groups excluding carboxylic acids is 1. The summed E-state index contributed by atoms with van der Waals surface area (Å²) in [6.45, 7) is 4.20. The van der Waals surface area contributed by atoms with E-state index in [9.17, 15) is 4.79 Å². The molecule has 0 spiro atoms. The van der Waals surface area contributed by atoms with Gasteiger partial charge < -0.3 is 8.98 Å². The van der Waals surface area contributed by atoms with Crippen LogP contribution in [0.2, 0.25) is 0 Å². The fourth-order valence-corrected chi connectivity index (χ4v) is 2.55. The van der Waals surface area contributed by atoms with Gasteiger partial charge in [-0.1, -0.05) is 15.9 Å². The van der Waals surface area contributed by atoms with Crippen LogP contribution in [0.5, 0.6) is 0 Å². The first-order chi connectivity index (χ1) is 11.0. The van der Waals surface area contributed by atoms with E-state index in [0.717, 1.165) is 15.4 Å². The summed E-state index contributed by atoms with van der Waals surface area (Å²) in [5, 5.41) is 4.83. The maximum absolute atomic E-state index is 12.1. The fourth-order valence-electron chi connectivity index (χ4n) is 2.17. The van der Waals surface area contributed by atoms with Gasteiger partial charge in [-0.25, -0.2) is 5.43 Å². The van der Waals surface area contributed by atoms with Crippen LogP contribution >= 0.6 is 15.9 Å². The molecule has 0 aliphatic heterocycles. The third kappa shape index (κ3) is 3.53. The first kappa shape index (κ1) is 15.6. The summed E-state index contributed by atoms with van der Waals surface area (Å²) >= 11 is 3.39. The molecule has 0 unspecified atom stereocenters. The highest BCUT2D eigenvalue weighted by Crippen LogP contribution is 2.23. The SMILES string of the molecule is CC(C)n1ccc(/C=N/NC(=O)c2cc3cc(Br)ccc3o2)c1. The monoisotopic (exact) mass is 373 g/mol. The number of halogens is 1. The van der Waals surface area contributed by atoms with Crippen LogP contribution in [0.25, 0.3) is 11.0 Å². The molecule has 5 nitrogen and oxygen atoms in total. The second-order valence-corrected chi connectivity index (χ2v) is 6.39. The highest BCUT2D eigenvalue weighted by atomic mass is 79.9. The van der Waals surface area contributed by atoms with Crippen molar-refractivity contribution in [3.05, 3.63) is 58.5 Å². The summed E-state index contributed by atoms with van der Waals surface area (Å²) in [5.41, 5.74) is 4.06. The van der Waals surface area contributed by atoms with E-state index in [1.807, 2.05) is 36.7 Å². The predicted octanol–water partition coefficient (Wildman–Crippen LogP) is 4.34. The van der Waals surface area contributed by atoms with E-state index < -0.39 is 0 Å². The molecule has 6 heteroatoms. The Morgan fingerprint density at radius 2 is 2.17 bits per heavy atom. The Labute approximate surface area is 142 Å². The van der Waals surface area contributed by atoms with E-state index in [1.165, 1.54) is 0 Å². The number of aromatic nitrogens is 1. The van der Waals surface area contributed by atoms with Crippen LogP contribution in [0, 0.1) is 0 Å². The van der Waals surface area contributed by atoms with E-state index in [4.69, 9.17) is 4.42 Å². The van der Waals surface area contributed by atoms with Crippen molar-refractivity contribution in [2.75, 3.05) is 0 Å². The molecule has 2 heterocycles. The largest absolute Gasteiger partial charge is 0.451 e. The fraction of sp³-hybridized carbons (Fsp3) is 0.176. The third-order valence-electron chi connectivity index (χ3n) is 3.42. The van der Waals surface area contributed by atoms with E-state index in [2.05, 4.69) is 44.9 Å². The van der Waals surface area contributed by atoms with E-state index >= 15 is 0 Å². The average molecular weight is 374 g/mol. The lowest BCUT2D eigenvalue weighted by Crippen LogP contribution is -2.16. The zero-order valence-corrected chi connectivity index (χ0v) is 14.4. The molecule has 1 aromatic carbocycles. The first-order valence-corrected chi connectivity index (χ1v) is 8.02. The quantitative estimate of drug-likeness (QED) is 0.546. The van der Waals surface area contributed by atoms with E-state index in [-0.39, 0.29) is 11.7 Å². The van der Waals surface area contributed by atoms with Crippen LogP contribution in [-0.4, -0.2) is 16.7 Å². The van der Waals surface area contributed by atoms with Crippen molar-refractivity contribution in [1.82, 2.24) is 9.99 Å². The van der Waals surface area contributed by atoms with Crippen molar-refractivity contribution in [1.29, 1.82) is 0 Å². The van der Waals surface area contributed by atoms with Gasteiger partial charge in [0.25, 0.3) is 0 Å². The molecule has 0 bridgehead atoms. The van der Waals surface area contributed by atoms with Crippen LogP contribution in [0.15, 0.2) is 56.7 Å². The summed E-state index contributed by atoms with van der Waals surface area (Å²) in [6, 6.07) is 9.60. The van der Waals surface area contributed by atoms with Gasteiger partial charge in [0.15, 0.2) is 5.76 Å².